The number of benzene rings is 1. The smallest absolute Gasteiger partial charge is 0.420 e. The van der Waals surface area contributed by atoms with Gasteiger partial charge in [-0.1, -0.05) is 26.0 Å². The van der Waals surface area contributed by atoms with Crippen molar-refractivity contribution < 1.29 is 9.90 Å². The lowest BCUT2D eigenvalue weighted by molar-refractivity contribution is 0.196. The second-order valence-corrected chi connectivity index (χ2v) is 4.39. The molecule has 0 saturated heterocycles. The first-order valence-electron chi connectivity index (χ1n) is 5.46. The SMILES string of the molecule is CC(C)Cn1c(=O)n(C(=O)O)c2ccccc21. The van der Waals surface area contributed by atoms with Crippen molar-refractivity contribution in [1.82, 2.24) is 9.13 Å². The zero-order valence-electron chi connectivity index (χ0n) is 9.75. The Morgan fingerprint density at radius 2 is 1.88 bits per heavy atom. The Hall–Kier alpha value is -2.04. The van der Waals surface area contributed by atoms with E-state index in [1.807, 2.05) is 13.8 Å². The van der Waals surface area contributed by atoms with Gasteiger partial charge < -0.3 is 5.11 Å². The van der Waals surface area contributed by atoms with Gasteiger partial charge in [-0.25, -0.2) is 9.59 Å². The van der Waals surface area contributed by atoms with Crippen LogP contribution in [0.3, 0.4) is 0 Å². The minimum atomic E-state index is -1.24. The van der Waals surface area contributed by atoms with Crippen LogP contribution in [0.4, 0.5) is 4.79 Å². The predicted molar refractivity (Wildman–Crippen MR) is 64.5 cm³/mol. The van der Waals surface area contributed by atoms with Crippen LogP contribution < -0.4 is 5.69 Å². The maximum absolute atomic E-state index is 12.0. The molecular formula is C12H14N2O3. The number of nitrogens with zero attached hydrogens (tertiary/aromatic N) is 2. The fourth-order valence-corrected chi connectivity index (χ4v) is 1.93. The Balaban J connectivity index is 2.80. The van der Waals surface area contributed by atoms with Gasteiger partial charge in [-0.2, -0.15) is 4.57 Å². The maximum Gasteiger partial charge on any atom is 0.420 e. The molecule has 0 fully saturated rings. The molecule has 0 aliphatic carbocycles. The van der Waals surface area contributed by atoms with Crippen LogP contribution >= 0.6 is 0 Å². The molecule has 0 aliphatic rings. The van der Waals surface area contributed by atoms with Crippen molar-refractivity contribution in [3.63, 3.8) is 0 Å². The fourth-order valence-electron chi connectivity index (χ4n) is 1.93. The van der Waals surface area contributed by atoms with Crippen molar-refractivity contribution in [2.45, 2.75) is 20.4 Å². The van der Waals surface area contributed by atoms with Gasteiger partial charge in [0.05, 0.1) is 11.0 Å². The standard InChI is InChI=1S/C12H14N2O3/c1-8(2)7-13-9-5-3-4-6-10(9)14(11(13)15)12(16)17/h3-6,8H,7H2,1-2H3,(H,16,17). The number of hydrogen-bond donors (Lipinski definition) is 1. The van der Waals surface area contributed by atoms with Crippen molar-refractivity contribution in [1.29, 1.82) is 0 Å². The van der Waals surface area contributed by atoms with E-state index in [9.17, 15) is 9.59 Å². The monoisotopic (exact) mass is 234 g/mol. The number of imidazole rings is 1. The molecule has 5 nitrogen and oxygen atoms in total. The van der Waals surface area contributed by atoms with Crippen LogP contribution in [0.1, 0.15) is 13.8 Å². The third-order valence-electron chi connectivity index (χ3n) is 2.57. The summed E-state index contributed by atoms with van der Waals surface area (Å²) in [6.07, 6.45) is -1.24. The number of carbonyl (C=O) groups is 1. The quantitative estimate of drug-likeness (QED) is 0.864. The van der Waals surface area contributed by atoms with E-state index in [4.69, 9.17) is 5.11 Å². The van der Waals surface area contributed by atoms with Crippen LogP contribution in [-0.4, -0.2) is 20.3 Å². The normalized spacial score (nSPS) is 11.2. The molecule has 1 N–H and O–H groups in total. The predicted octanol–water partition coefficient (Wildman–Crippen LogP) is 1.99. The maximum atomic E-state index is 12.0. The van der Waals surface area contributed by atoms with E-state index in [0.29, 0.717) is 17.6 Å². The van der Waals surface area contributed by atoms with Gasteiger partial charge in [0.25, 0.3) is 0 Å². The summed E-state index contributed by atoms with van der Waals surface area (Å²) < 4.78 is 2.30. The number of aromatic nitrogens is 2. The van der Waals surface area contributed by atoms with Gasteiger partial charge in [0.15, 0.2) is 0 Å². The summed E-state index contributed by atoms with van der Waals surface area (Å²) in [5.41, 5.74) is 0.603. The van der Waals surface area contributed by atoms with E-state index < -0.39 is 11.8 Å². The van der Waals surface area contributed by atoms with Gasteiger partial charge >= 0.3 is 11.8 Å². The van der Waals surface area contributed by atoms with E-state index in [-0.39, 0.29) is 5.92 Å². The van der Waals surface area contributed by atoms with Gasteiger partial charge in [-0.15, -0.1) is 0 Å². The lowest BCUT2D eigenvalue weighted by atomic mass is 10.2. The molecule has 2 rings (SSSR count). The van der Waals surface area contributed by atoms with Crippen LogP contribution in [0.25, 0.3) is 11.0 Å². The zero-order valence-corrected chi connectivity index (χ0v) is 9.75. The van der Waals surface area contributed by atoms with E-state index in [2.05, 4.69) is 0 Å². The first kappa shape index (κ1) is 11.4. The molecule has 1 heterocycles. The van der Waals surface area contributed by atoms with Gasteiger partial charge in [-0.3, -0.25) is 4.57 Å². The Bertz CT molecular complexity index is 622. The first-order valence-corrected chi connectivity index (χ1v) is 5.46. The third kappa shape index (κ3) is 1.84. The average molecular weight is 234 g/mol. The van der Waals surface area contributed by atoms with E-state index in [1.165, 1.54) is 4.57 Å². The van der Waals surface area contributed by atoms with Crippen molar-refractivity contribution >= 4 is 17.1 Å². The molecule has 1 aromatic carbocycles. The average Bonchev–Trinajstić information content (AvgIpc) is 2.52. The minimum Gasteiger partial charge on any atom is -0.464 e. The van der Waals surface area contributed by atoms with Crippen LogP contribution in [0.5, 0.6) is 0 Å². The van der Waals surface area contributed by atoms with Gasteiger partial charge in [-0.05, 0) is 18.1 Å². The summed E-state index contributed by atoms with van der Waals surface area (Å²) in [5, 5.41) is 9.06. The second-order valence-electron chi connectivity index (χ2n) is 4.39. The molecule has 0 saturated carbocycles. The summed E-state index contributed by atoms with van der Waals surface area (Å²) in [7, 11) is 0. The third-order valence-corrected chi connectivity index (χ3v) is 2.57. The molecule has 1 aromatic heterocycles. The largest absolute Gasteiger partial charge is 0.464 e. The van der Waals surface area contributed by atoms with Gasteiger partial charge in [0.1, 0.15) is 0 Å². The van der Waals surface area contributed by atoms with Crippen molar-refractivity contribution in [2.24, 2.45) is 5.92 Å². The molecular weight excluding hydrogens is 220 g/mol. The summed E-state index contributed by atoms with van der Waals surface area (Å²) in [6, 6.07) is 6.92. The second kappa shape index (κ2) is 4.08. The summed E-state index contributed by atoms with van der Waals surface area (Å²) >= 11 is 0. The summed E-state index contributed by atoms with van der Waals surface area (Å²) in [4.78, 5) is 23.1. The molecule has 0 amide bonds. The Labute approximate surface area is 97.9 Å². The van der Waals surface area contributed by atoms with Crippen molar-refractivity contribution in [3.8, 4) is 0 Å². The Morgan fingerprint density at radius 1 is 1.29 bits per heavy atom. The lowest BCUT2D eigenvalue weighted by Crippen LogP contribution is -2.29. The number of fused-ring (bicyclic) bond motifs is 1. The molecule has 5 heteroatoms. The van der Waals surface area contributed by atoms with Crippen LogP contribution in [0, 0.1) is 5.92 Å². The molecule has 17 heavy (non-hydrogen) atoms. The highest BCUT2D eigenvalue weighted by atomic mass is 16.4. The van der Waals surface area contributed by atoms with Crippen LogP contribution in [0.2, 0.25) is 0 Å². The molecule has 2 aromatic rings. The van der Waals surface area contributed by atoms with Gasteiger partial charge in [0, 0.05) is 6.54 Å². The Kier molecular flexibility index (Phi) is 2.75. The number of para-hydroxylation sites is 2. The number of rotatable bonds is 2. The van der Waals surface area contributed by atoms with Gasteiger partial charge in [0.2, 0.25) is 0 Å². The molecule has 0 atom stereocenters. The molecule has 0 spiro atoms. The summed E-state index contributed by atoms with van der Waals surface area (Å²) in [6.45, 7) is 4.48. The summed E-state index contributed by atoms with van der Waals surface area (Å²) in [5.74, 6) is 0.278. The minimum absolute atomic E-state index is 0.278. The van der Waals surface area contributed by atoms with Crippen LogP contribution in [0.15, 0.2) is 29.1 Å². The molecule has 0 bridgehead atoms. The van der Waals surface area contributed by atoms with E-state index in [1.54, 1.807) is 24.3 Å². The number of hydrogen-bond acceptors (Lipinski definition) is 2. The topological polar surface area (TPSA) is 64.2 Å². The van der Waals surface area contributed by atoms with Crippen molar-refractivity contribution in [3.05, 3.63) is 34.7 Å². The molecule has 0 unspecified atom stereocenters. The Morgan fingerprint density at radius 3 is 2.41 bits per heavy atom. The number of carboxylic acid groups (broad SMARTS) is 1. The van der Waals surface area contributed by atoms with Crippen molar-refractivity contribution in [2.75, 3.05) is 0 Å². The molecule has 90 valence electrons. The molecule has 0 aliphatic heterocycles. The zero-order chi connectivity index (χ0) is 12.6. The highest BCUT2D eigenvalue weighted by molar-refractivity contribution is 5.85. The molecule has 0 radical (unpaired) electrons. The highest BCUT2D eigenvalue weighted by Crippen LogP contribution is 2.13. The van der Waals surface area contributed by atoms with E-state index >= 15 is 0 Å². The first-order chi connectivity index (χ1) is 8.02. The fraction of sp³-hybridized carbons (Fsp3) is 0.333. The highest BCUT2D eigenvalue weighted by Gasteiger charge is 2.17. The van der Waals surface area contributed by atoms with Crippen LogP contribution in [-0.2, 0) is 6.54 Å². The van der Waals surface area contributed by atoms with E-state index in [0.717, 1.165) is 4.57 Å². The lowest BCUT2D eigenvalue weighted by Gasteiger charge is -2.05.